The van der Waals surface area contributed by atoms with Crippen molar-refractivity contribution in [2.24, 2.45) is 50.2 Å². The molecular weight excluding hydrogens is 424 g/mol. The number of rotatable bonds is 1. The molecule has 5 aliphatic carbocycles. The van der Waals surface area contributed by atoms with Crippen LogP contribution in [0.4, 0.5) is 0 Å². The van der Waals surface area contributed by atoms with Crippen molar-refractivity contribution in [3.05, 3.63) is 11.6 Å². The standard InChI is InChI=1S/C30H46O4/c1-25(2)21-8-11-30(7)23(28(21,5)10-9-22(25)32)20(31)16-18-19-17-27(4,24(33)34)13-12-26(19,3)14-15-29(18,30)6/h16,19,21-23,32H,8-15,17H2,1-7H3,(H,33,34)/t19-,21-,22?,23+,26+,27-,28-,29+,30+/m0/s1. The van der Waals surface area contributed by atoms with E-state index in [-0.39, 0.29) is 50.8 Å². The monoisotopic (exact) mass is 470 g/mol. The number of carbonyl (C=O) groups is 2. The lowest BCUT2D eigenvalue weighted by Crippen LogP contribution is -2.66. The van der Waals surface area contributed by atoms with Gasteiger partial charge in [0.05, 0.1) is 11.5 Å². The first kappa shape index (κ1) is 24.5. The van der Waals surface area contributed by atoms with Crippen LogP contribution in [0, 0.1) is 50.2 Å². The third-order valence-electron chi connectivity index (χ3n) is 13.1. The summed E-state index contributed by atoms with van der Waals surface area (Å²) in [7, 11) is 0. The molecule has 0 aliphatic heterocycles. The average molecular weight is 471 g/mol. The van der Waals surface area contributed by atoms with E-state index in [9.17, 15) is 19.8 Å². The van der Waals surface area contributed by atoms with E-state index in [1.165, 1.54) is 5.57 Å². The Labute approximate surface area is 206 Å². The molecule has 5 aliphatic rings. The minimum atomic E-state index is -0.711. The predicted octanol–water partition coefficient (Wildman–Crippen LogP) is 6.41. The van der Waals surface area contributed by atoms with Gasteiger partial charge in [-0.3, -0.25) is 9.59 Å². The molecular formula is C30H46O4. The van der Waals surface area contributed by atoms with Gasteiger partial charge in [-0.2, -0.15) is 0 Å². The van der Waals surface area contributed by atoms with E-state index in [4.69, 9.17) is 0 Å². The van der Waals surface area contributed by atoms with Gasteiger partial charge in [-0.25, -0.2) is 0 Å². The molecule has 0 bridgehead atoms. The van der Waals surface area contributed by atoms with E-state index in [0.29, 0.717) is 12.3 Å². The van der Waals surface area contributed by atoms with Crippen LogP contribution in [0.25, 0.3) is 0 Å². The fourth-order valence-electron chi connectivity index (χ4n) is 10.4. The second kappa shape index (κ2) is 6.99. The number of aliphatic carboxylic acids is 1. The minimum absolute atomic E-state index is 0.0296. The van der Waals surface area contributed by atoms with Crippen LogP contribution in [0.15, 0.2) is 11.6 Å². The molecule has 1 unspecified atom stereocenters. The summed E-state index contributed by atoms with van der Waals surface area (Å²) in [5, 5.41) is 20.9. The van der Waals surface area contributed by atoms with Gasteiger partial charge < -0.3 is 10.2 Å². The number of aliphatic hydroxyl groups is 1. The summed E-state index contributed by atoms with van der Waals surface area (Å²) >= 11 is 0. The maximum Gasteiger partial charge on any atom is 0.309 e. The van der Waals surface area contributed by atoms with Crippen LogP contribution >= 0.6 is 0 Å². The van der Waals surface area contributed by atoms with E-state index < -0.39 is 11.4 Å². The molecule has 4 nitrogen and oxygen atoms in total. The number of hydrogen-bond acceptors (Lipinski definition) is 3. The third-order valence-corrected chi connectivity index (χ3v) is 13.1. The molecule has 4 saturated carbocycles. The molecule has 0 aromatic carbocycles. The highest BCUT2D eigenvalue weighted by molar-refractivity contribution is 5.95. The van der Waals surface area contributed by atoms with Crippen LogP contribution in [0.1, 0.15) is 106 Å². The smallest absolute Gasteiger partial charge is 0.309 e. The quantitative estimate of drug-likeness (QED) is 0.464. The van der Waals surface area contributed by atoms with E-state index in [1.54, 1.807) is 0 Å². The predicted molar refractivity (Wildman–Crippen MR) is 133 cm³/mol. The lowest BCUT2D eigenvalue weighted by molar-refractivity contribution is -0.202. The number of fused-ring (bicyclic) bond motifs is 7. The number of carboxylic acids is 1. The Kier molecular flexibility index (Phi) is 5.04. The fourth-order valence-corrected chi connectivity index (χ4v) is 10.4. The van der Waals surface area contributed by atoms with Gasteiger partial charge in [-0.05, 0) is 110 Å². The van der Waals surface area contributed by atoms with Gasteiger partial charge in [0, 0.05) is 5.92 Å². The molecule has 0 heterocycles. The molecule has 0 spiro atoms. The number of aliphatic hydroxyl groups excluding tert-OH is 1. The number of ketones is 1. The highest BCUT2D eigenvalue weighted by atomic mass is 16.4. The summed E-state index contributed by atoms with van der Waals surface area (Å²) in [6.07, 6.45) is 9.95. The van der Waals surface area contributed by atoms with Crippen molar-refractivity contribution in [1.82, 2.24) is 0 Å². The van der Waals surface area contributed by atoms with Crippen LogP contribution in [0.2, 0.25) is 0 Å². The van der Waals surface area contributed by atoms with E-state index >= 15 is 0 Å². The molecule has 0 saturated heterocycles. The van der Waals surface area contributed by atoms with Gasteiger partial charge >= 0.3 is 5.97 Å². The van der Waals surface area contributed by atoms with Gasteiger partial charge in [0.25, 0.3) is 0 Å². The van der Waals surface area contributed by atoms with Crippen molar-refractivity contribution in [3.8, 4) is 0 Å². The van der Waals surface area contributed by atoms with Crippen LogP contribution in [-0.4, -0.2) is 28.1 Å². The number of allylic oxidation sites excluding steroid dienone is 2. The molecule has 4 heteroatoms. The van der Waals surface area contributed by atoms with Crippen molar-refractivity contribution < 1.29 is 19.8 Å². The lowest BCUT2D eigenvalue weighted by Gasteiger charge is -2.70. The van der Waals surface area contributed by atoms with Crippen LogP contribution < -0.4 is 0 Å². The number of carbonyl (C=O) groups excluding carboxylic acids is 1. The highest BCUT2D eigenvalue weighted by Gasteiger charge is 2.70. The van der Waals surface area contributed by atoms with Crippen molar-refractivity contribution in [2.75, 3.05) is 0 Å². The minimum Gasteiger partial charge on any atom is -0.481 e. The maximum absolute atomic E-state index is 14.2. The molecule has 0 amide bonds. The zero-order valence-electron chi connectivity index (χ0n) is 22.5. The summed E-state index contributed by atoms with van der Waals surface area (Å²) in [5.74, 6) is 0.0603. The Bertz CT molecular complexity index is 965. The van der Waals surface area contributed by atoms with Crippen LogP contribution in [-0.2, 0) is 9.59 Å². The van der Waals surface area contributed by atoms with Gasteiger partial charge in [0.1, 0.15) is 0 Å². The SMILES string of the molecule is CC1(C)C(O)CC[C@]2(C)[C@H]3C(=O)C=C4[C@@H]5C[C@@](C)(C(=O)O)CC[C@]5(C)CC[C@@]4(C)[C@]3(C)CC[C@@H]12. The molecule has 0 aromatic heterocycles. The Morgan fingerprint density at radius 1 is 0.912 bits per heavy atom. The normalized spacial score (nSPS) is 54.1. The highest BCUT2D eigenvalue weighted by Crippen LogP contribution is 2.75. The van der Waals surface area contributed by atoms with Crippen molar-refractivity contribution >= 4 is 11.8 Å². The topological polar surface area (TPSA) is 74.6 Å². The van der Waals surface area contributed by atoms with Gasteiger partial charge in [0.15, 0.2) is 5.78 Å². The second-order valence-corrected chi connectivity index (χ2v) is 14.9. The largest absolute Gasteiger partial charge is 0.481 e. The molecule has 4 fully saturated rings. The molecule has 2 N–H and O–H groups in total. The zero-order chi connectivity index (χ0) is 25.1. The van der Waals surface area contributed by atoms with Crippen molar-refractivity contribution in [2.45, 2.75) is 112 Å². The molecule has 5 rings (SSSR count). The molecule has 0 aromatic rings. The molecule has 34 heavy (non-hydrogen) atoms. The first-order valence-corrected chi connectivity index (χ1v) is 13.7. The van der Waals surface area contributed by atoms with E-state index in [2.05, 4.69) is 41.5 Å². The number of hydrogen-bond donors (Lipinski definition) is 2. The third kappa shape index (κ3) is 2.81. The summed E-state index contributed by atoms with van der Waals surface area (Å²) in [6, 6.07) is 0. The Morgan fingerprint density at radius 2 is 1.56 bits per heavy atom. The zero-order valence-corrected chi connectivity index (χ0v) is 22.5. The van der Waals surface area contributed by atoms with Crippen molar-refractivity contribution in [3.63, 3.8) is 0 Å². The average Bonchev–Trinajstić information content (AvgIpc) is 2.73. The lowest BCUT2D eigenvalue weighted by atomic mass is 9.33. The van der Waals surface area contributed by atoms with Crippen molar-refractivity contribution in [1.29, 1.82) is 0 Å². The van der Waals surface area contributed by atoms with Crippen LogP contribution in [0.3, 0.4) is 0 Å². The Hall–Kier alpha value is -1.16. The van der Waals surface area contributed by atoms with E-state index in [0.717, 1.165) is 51.4 Å². The molecule has 190 valence electrons. The van der Waals surface area contributed by atoms with E-state index in [1.807, 2.05) is 13.0 Å². The first-order chi connectivity index (χ1) is 15.6. The number of carboxylic acid groups (broad SMARTS) is 1. The summed E-state index contributed by atoms with van der Waals surface area (Å²) < 4.78 is 0. The van der Waals surface area contributed by atoms with Gasteiger partial charge in [-0.15, -0.1) is 0 Å². The Morgan fingerprint density at radius 3 is 2.21 bits per heavy atom. The summed E-state index contributed by atoms with van der Waals surface area (Å²) in [5.41, 5.74) is 0.142. The van der Waals surface area contributed by atoms with Gasteiger partial charge in [0.2, 0.25) is 0 Å². The fraction of sp³-hybridized carbons (Fsp3) is 0.867. The Balaban J connectivity index is 1.62. The first-order valence-electron chi connectivity index (χ1n) is 13.7. The van der Waals surface area contributed by atoms with Gasteiger partial charge in [-0.1, -0.05) is 47.1 Å². The maximum atomic E-state index is 14.2. The summed E-state index contributed by atoms with van der Waals surface area (Å²) in [4.78, 5) is 26.4. The molecule has 9 atom stereocenters. The van der Waals surface area contributed by atoms with Crippen LogP contribution in [0.5, 0.6) is 0 Å². The molecule has 0 radical (unpaired) electrons. The second-order valence-electron chi connectivity index (χ2n) is 14.9. The summed E-state index contributed by atoms with van der Waals surface area (Å²) in [6.45, 7) is 15.8.